The first-order valence-corrected chi connectivity index (χ1v) is 9.62. The molecule has 0 heterocycles. The van der Waals surface area contributed by atoms with Gasteiger partial charge in [-0.3, -0.25) is 4.89 Å². The molecule has 0 aliphatic heterocycles. The van der Waals surface area contributed by atoms with Crippen LogP contribution >= 0.6 is 0 Å². The molecule has 0 aromatic carbocycles. The Morgan fingerprint density at radius 3 is 2.00 bits per heavy atom. The normalized spacial score (nSPS) is 12.8. The average Bonchev–Trinajstić information content (AvgIpc) is 2.64. The molecule has 0 saturated heterocycles. The molecule has 0 rings (SSSR count). The summed E-state index contributed by atoms with van der Waals surface area (Å²) in [4.78, 5) is 20.9. The summed E-state index contributed by atoms with van der Waals surface area (Å²) in [6.45, 7) is 7.60. The van der Waals surface area contributed by atoms with Gasteiger partial charge in [0.25, 0.3) is 5.97 Å². The zero-order valence-electron chi connectivity index (χ0n) is 17.3. The Morgan fingerprint density at radius 1 is 0.923 bits per heavy atom. The van der Waals surface area contributed by atoms with Gasteiger partial charge >= 0.3 is 5.97 Å². The summed E-state index contributed by atoms with van der Waals surface area (Å²) in [5.74, 6) is -1.54. The van der Waals surface area contributed by atoms with E-state index in [0.29, 0.717) is 18.6 Å². The quantitative estimate of drug-likeness (QED) is 0.120. The van der Waals surface area contributed by atoms with Crippen LogP contribution in [-0.4, -0.2) is 39.9 Å². The van der Waals surface area contributed by atoms with Crippen LogP contribution in [0.3, 0.4) is 0 Å². The molecule has 0 bridgehead atoms. The maximum absolute atomic E-state index is 11.3. The van der Waals surface area contributed by atoms with Crippen LogP contribution in [0.5, 0.6) is 0 Å². The molecule has 0 aliphatic rings. The Morgan fingerprint density at radius 2 is 1.46 bits per heavy atom. The van der Waals surface area contributed by atoms with Crippen molar-refractivity contribution in [2.45, 2.75) is 77.6 Å². The highest BCUT2D eigenvalue weighted by Crippen LogP contribution is 2.32. The van der Waals surface area contributed by atoms with Crippen LogP contribution in [0.25, 0.3) is 0 Å². The van der Waals surface area contributed by atoms with E-state index in [1.807, 2.05) is 0 Å². The topological polar surface area (TPSA) is 63.2 Å². The molecule has 0 aliphatic carbocycles. The third-order valence-corrected chi connectivity index (χ3v) is 4.52. The van der Waals surface area contributed by atoms with E-state index in [-0.39, 0.29) is 5.92 Å². The molecular formula is C20H38O6. The summed E-state index contributed by atoms with van der Waals surface area (Å²) in [7, 11) is 4.77. The average molecular weight is 375 g/mol. The van der Waals surface area contributed by atoms with Crippen LogP contribution in [0.1, 0.15) is 71.6 Å². The van der Waals surface area contributed by atoms with Crippen LogP contribution in [0.2, 0.25) is 0 Å². The lowest BCUT2D eigenvalue weighted by Crippen LogP contribution is -2.44. The largest absolute Gasteiger partial charge is 0.368 e. The van der Waals surface area contributed by atoms with Crippen molar-refractivity contribution in [1.29, 1.82) is 0 Å². The first-order chi connectivity index (χ1) is 12.5. The Labute approximate surface area is 159 Å². The molecule has 6 nitrogen and oxygen atoms in total. The summed E-state index contributed by atoms with van der Waals surface area (Å²) < 4.78 is 16.6. The van der Waals surface area contributed by atoms with Crippen molar-refractivity contribution in [2.75, 3.05) is 27.9 Å². The van der Waals surface area contributed by atoms with Gasteiger partial charge < -0.3 is 14.2 Å². The number of carbonyl (C=O) groups is 1. The standard InChI is InChI=1S/C20H38O6/c1-7-8-9-10-11-12-14-18(20(22-4,23-5)24-6)15-13-16-25-26-19(21)17(2)3/h18H,2,7-16H2,1,3-6H3. The Bertz CT molecular complexity index is 370. The molecule has 0 aromatic heterocycles. The lowest BCUT2D eigenvalue weighted by Gasteiger charge is -2.36. The second-order valence-corrected chi connectivity index (χ2v) is 6.58. The molecule has 1 unspecified atom stereocenters. The van der Waals surface area contributed by atoms with Crippen LogP contribution < -0.4 is 0 Å². The second-order valence-electron chi connectivity index (χ2n) is 6.58. The van der Waals surface area contributed by atoms with E-state index in [4.69, 9.17) is 19.1 Å². The molecule has 0 aromatic rings. The van der Waals surface area contributed by atoms with Crippen molar-refractivity contribution in [1.82, 2.24) is 0 Å². The molecule has 0 fully saturated rings. The van der Waals surface area contributed by atoms with E-state index in [9.17, 15) is 4.79 Å². The predicted molar refractivity (Wildman–Crippen MR) is 101 cm³/mol. The molecule has 6 heteroatoms. The minimum Gasteiger partial charge on any atom is -0.331 e. The number of hydrogen-bond donors (Lipinski definition) is 0. The van der Waals surface area contributed by atoms with Gasteiger partial charge in [-0.2, -0.15) is 4.89 Å². The van der Waals surface area contributed by atoms with Crippen molar-refractivity contribution in [3.8, 4) is 0 Å². The fraction of sp³-hybridized carbons (Fsp3) is 0.850. The maximum Gasteiger partial charge on any atom is 0.368 e. The van der Waals surface area contributed by atoms with Gasteiger partial charge in [0.2, 0.25) is 0 Å². The molecule has 1 atom stereocenters. The number of carbonyl (C=O) groups excluding carboxylic acids is 1. The Hall–Kier alpha value is -0.950. The van der Waals surface area contributed by atoms with E-state index in [2.05, 4.69) is 18.4 Å². The molecular weight excluding hydrogens is 336 g/mol. The van der Waals surface area contributed by atoms with E-state index in [1.54, 1.807) is 28.3 Å². The highest BCUT2D eigenvalue weighted by atomic mass is 17.2. The Kier molecular flexibility index (Phi) is 14.6. The van der Waals surface area contributed by atoms with Gasteiger partial charge in [-0.05, 0) is 26.2 Å². The van der Waals surface area contributed by atoms with Gasteiger partial charge in [-0.25, -0.2) is 4.79 Å². The first kappa shape index (κ1) is 25.1. The molecule has 0 amide bonds. The smallest absolute Gasteiger partial charge is 0.331 e. The summed E-state index contributed by atoms with van der Waals surface area (Å²) in [5.41, 5.74) is 0.308. The van der Waals surface area contributed by atoms with Crippen molar-refractivity contribution in [2.24, 2.45) is 5.92 Å². The molecule has 0 saturated carbocycles. The van der Waals surface area contributed by atoms with Crippen molar-refractivity contribution >= 4 is 5.97 Å². The summed E-state index contributed by atoms with van der Waals surface area (Å²) >= 11 is 0. The number of ether oxygens (including phenoxy) is 3. The lowest BCUT2D eigenvalue weighted by molar-refractivity contribution is -0.381. The number of rotatable bonds is 17. The summed E-state index contributed by atoms with van der Waals surface area (Å²) in [6.07, 6.45) is 9.77. The van der Waals surface area contributed by atoms with Crippen molar-refractivity contribution in [3.63, 3.8) is 0 Å². The Balaban J connectivity index is 4.40. The molecule has 0 spiro atoms. The second kappa shape index (κ2) is 15.1. The maximum atomic E-state index is 11.3. The van der Waals surface area contributed by atoms with Crippen LogP contribution in [-0.2, 0) is 28.8 Å². The molecule has 154 valence electrons. The monoisotopic (exact) mass is 374 g/mol. The zero-order chi connectivity index (χ0) is 19.8. The van der Waals surface area contributed by atoms with Crippen molar-refractivity contribution < 1.29 is 28.8 Å². The van der Waals surface area contributed by atoms with E-state index in [1.165, 1.54) is 32.1 Å². The predicted octanol–water partition coefficient (Wildman–Crippen LogP) is 4.78. The third kappa shape index (κ3) is 9.67. The van der Waals surface area contributed by atoms with E-state index >= 15 is 0 Å². The fourth-order valence-electron chi connectivity index (χ4n) is 2.97. The number of methoxy groups -OCH3 is 3. The molecule has 0 radical (unpaired) electrons. The SMILES string of the molecule is C=C(C)C(=O)OOCCCC(CCCCCCCC)C(OC)(OC)OC. The molecule has 0 N–H and O–H groups in total. The van der Waals surface area contributed by atoms with Crippen LogP contribution in [0.15, 0.2) is 12.2 Å². The van der Waals surface area contributed by atoms with Crippen LogP contribution in [0.4, 0.5) is 0 Å². The van der Waals surface area contributed by atoms with Gasteiger partial charge in [0, 0.05) is 32.8 Å². The van der Waals surface area contributed by atoms with Gasteiger partial charge in [0.15, 0.2) is 0 Å². The zero-order valence-corrected chi connectivity index (χ0v) is 17.3. The third-order valence-electron chi connectivity index (χ3n) is 4.52. The fourth-order valence-corrected chi connectivity index (χ4v) is 2.97. The first-order valence-electron chi connectivity index (χ1n) is 9.62. The summed E-state index contributed by atoms with van der Waals surface area (Å²) in [5, 5.41) is 0. The van der Waals surface area contributed by atoms with Gasteiger partial charge in [0.1, 0.15) is 0 Å². The highest BCUT2D eigenvalue weighted by Gasteiger charge is 2.39. The van der Waals surface area contributed by atoms with Gasteiger partial charge in [-0.15, -0.1) is 0 Å². The highest BCUT2D eigenvalue weighted by molar-refractivity contribution is 5.86. The van der Waals surface area contributed by atoms with Crippen molar-refractivity contribution in [3.05, 3.63) is 12.2 Å². The van der Waals surface area contributed by atoms with Gasteiger partial charge in [0.05, 0.1) is 6.61 Å². The molecule has 26 heavy (non-hydrogen) atoms. The summed E-state index contributed by atoms with van der Waals surface area (Å²) in [6, 6.07) is 0. The van der Waals surface area contributed by atoms with Gasteiger partial charge in [-0.1, -0.05) is 52.0 Å². The van der Waals surface area contributed by atoms with Crippen LogP contribution in [0, 0.1) is 5.92 Å². The van der Waals surface area contributed by atoms with E-state index < -0.39 is 11.9 Å². The minimum absolute atomic E-state index is 0.0640. The number of hydrogen-bond acceptors (Lipinski definition) is 6. The number of unbranched alkanes of at least 4 members (excludes halogenated alkanes) is 5. The minimum atomic E-state index is -1.06. The van der Waals surface area contributed by atoms with E-state index in [0.717, 1.165) is 19.3 Å². The lowest BCUT2D eigenvalue weighted by atomic mass is 9.93.